The van der Waals surface area contributed by atoms with Crippen LogP contribution in [0.25, 0.3) is 11.0 Å². The van der Waals surface area contributed by atoms with Crippen LogP contribution in [0.2, 0.25) is 5.02 Å². The van der Waals surface area contributed by atoms with E-state index in [1.54, 1.807) is 4.90 Å². The van der Waals surface area contributed by atoms with Gasteiger partial charge in [0.25, 0.3) is 0 Å². The summed E-state index contributed by atoms with van der Waals surface area (Å²) in [7, 11) is 0. The van der Waals surface area contributed by atoms with Crippen LogP contribution >= 0.6 is 11.6 Å². The minimum absolute atomic E-state index is 0.0339. The highest BCUT2D eigenvalue weighted by molar-refractivity contribution is 6.36. The van der Waals surface area contributed by atoms with Gasteiger partial charge in [-0.2, -0.15) is 0 Å². The van der Waals surface area contributed by atoms with Crippen molar-refractivity contribution in [3.63, 3.8) is 0 Å². The lowest BCUT2D eigenvalue weighted by molar-refractivity contribution is 0.0238. The van der Waals surface area contributed by atoms with E-state index in [0.29, 0.717) is 36.4 Å². The van der Waals surface area contributed by atoms with Crippen LogP contribution < -0.4 is 10.5 Å². The minimum atomic E-state index is -0.534. The van der Waals surface area contributed by atoms with Crippen LogP contribution in [0.3, 0.4) is 0 Å². The third kappa shape index (κ3) is 5.12. The summed E-state index contributed by atoms with van der Waals surface area (Å²) in [5.74, 6) is 1.03. The second kappa shape index (κ2) is 9.33. The second-order valence-electron chi connectivity index (χ2n) is 8.86. The zero-order chi connectivity index (χ0) is 21.9. The van der Waals surface area contributed by atoms with E-state index in [-0.39, 0.29) is 12.1 Å². The maximum Gasteiger partial charge on any atom is 0.410 e. The Bertz CT molecular complexity index is 891. The van der Waals surface area contributed by atoms with E-state index in [0.717, 1.165) is 43.1 Å². The van der Waals surface area contributed by atoms with Gasteiger partial charge in [0.2, 0.25) is 5.95 Å². The smallest absolute Gasteiger partial charge is 0.410 e. The predicted octanol–water partition coefficient (Wildman–Crippen LogP) is 5.41. The van der Waals surface area contributed by atoms with Crippen molar-refractivity contribution in [3.05, 3.63) is 17.2 Å². The highest BCUT2D eigenvalue weighted by Crippen LogP contribution is 2.37. The third-order valence-electron chi connectivity index (χ3n) is 5.20. The lowest BCUT2D eigenvalue weighted by atomic mass is 10.1. The van der Waals surface area contributed by atoms with Crippen LogP contribution in [0.5, 0.6) is 5.75 Å². The molecule has 1 fully saturated rings. The summed E-state index contributed by atoms with van der Waals surface area (Å²) in [6.07, 6.45) is 4.49. The fourth-order valence-electron chi connectivity index (χ4n) is 3.78. The van der Waals surface area contributed by atoms with Gasteiger partial charge in [-0.15, -0.1) is 0 Å². The molecule has 1 aromatic heterocycles. The van der Waals surface area contributed by atoms with Gasteiger partial charge < -0.3 is 24.7 Å². The number of anilines is 1. The van der Waals surface area contributed by atoms with Gasteiger partial charge in [0.05, 0.1) is 23.7 Å². The number of unbranched alkanes of at least 4 members (excludes halogenated alkanes) is 1. The maximum absolute atomic E-state index is 12.7. The molecule has 0 saturated carbocycles. The summed E-state index contributed by atoms with van der Waals surface area (Å²) in [5, 5.41) is 0.515. The first-order valence-corrected chi connectivity index (χ1v) is 11.2. The molecule has 1 aliphatic rings. The number of imidazole rings is 1. The summed E-state index contributed by atoms with van der Waals surface area (Å²) in [6, 6.07) is 3.70. The highest BCUT2D eigenvalue weighted by Gasteiger charge is 2.29. The van der Waals surface area contributed by atoms with E-state index in [1.165, 1.54) is 0 Å². The van der Waals surface area contributed by atoms with E-state index in [4.69, 9.17) is 26.8 Å². The van der Waals surface area contributed by atoms with Crippen LogP contribution in [-0.2, 0) is 4.74 Å². The SMILES string of the molecule is CCCCOc1ccc2nc(N)n([C@@H]3CCCCN(C(=O)OC(C)(C)C)C3)c2c1Cl. The van der Waals surface area contributed by atoms with Crippen molar-refractivity contribution in [3.8, 4) is 5.75 Å². The molecule has 1 atom stereocenters. The fourth-order valence-corrected chi connectivity index (χ4v) is 4.08. The number of hydrogen-bond donors (Lipinski definition) is 1. The molecule has 1 saturated heterocycles. The van der Waals surface area contributed by atoms with Gasteiger partial charge in [-0.3, -0.25) is 0 Å². The number of likely N-dealkylation sites (tertiary alicyclic amines) is 1. The molecular weight excluding hydrogens is 404 g/mol. The van der Waals surface area contributed by atoms with Gasteiger partial charge in [0.15, 0.2) is 0 Å². The molecule has 0 radical (unpaired) electrons. The first-order chi connectivity index (χ1) is 14.2. The molecule has 0 unspecified atom stereocenters. The normalized spacial score (nSPS) is 17.8. The third-order valence-corrected chi connectivity index (χ3v) is 5.57. The number of rotatable bonds is 5. The number of aromatic nitrogens is 2. The number of benzene rings is 1. The number of carbonyl (C=O) groups excluding carboxylic acids is 1. The van der Waals surface area contributed by atoms with E-state index in [9.17, 15) is 4.79 Å². The Kier molecular flexibility index (Phi) is 7.01. The summed E-state index contributed by atoms with van der Waals surface area (Å²) in [4.78, 5) is 19.0. The molecule has 2 heterocycles. The average Bonchev–Trinajstić information content (AvgIpc) is 2.84. The Hall–Kier alpha value is -2.15. The Balaban J connectivity index is 1.92. The van der Waals surface area contributed by atoms with Crippen LogP contribution in [0.1, 0.15) is 65.8 Å². The molecule has 0 spiro atoms. The maximum atomic E-state index is 12.7. The van der Waals surface area contributed by atoms with Gasteiger partial charge in [0.1, 0.15) is 16.4 Å². The second-order valence-corrected chi connectivity index (χ2v) is 9.24. The number of carbonyl (C=O) groups is 1. The molecular formula is C22H33ClN4O3. The topological polar surface area (TPSA) is 82.6 Å². The molecule has 30 heavy (non-hydrogen) atoms. The number of nitrogens with zero attached hydrogens (tertiary/aromatic N) is 3. The molecule has 8 heteroatoms. The predicted molar refractivity (Wildman–Crippen MR) is 120 cm³/mol. The van der Waals surface area contributed by atoms with Gasteiger partial charge in [-0.1, -0.05) is 24.9 Å². The molecule has 0 aliphatic carbocycles. The van der Waals surface area contributed by atoms with E-state index >= 15 is 0 Å². The summed E-state index contributed by atoms with van der Waals surface area (Å²) in [6.45, 7) is 9.52. The van der Waals surface area contributed by atoms with Crippen molar-refractivity contribution in [2.45, 2.75) is 71.4 Å². The van der Waals surface area contributed by atoms with E-state index < -0.39 is 5.60 Å². The molecule has 1 aromatic carbocycles. The van der Waals surface area contributed by atoms with E-state index in [2.05, 4.69) is 11.9 Å². The van der Waals surface area contributed by atoms with Crippen LogP contribution in [-0.4, -0.2) is 45.8 Å². The minimum Gasteiger partial charge on any atom is -0.492 e. The van der Waals surface area contributed by atoms with Crippen LogP contribution in [0.15, 0.2) is 12.1 Å². The van der Waals surface area contributed by atoms with E-state index in [1.807, 2.05) is 37.5 Å². The lowest BCUT2D eigenvalue weighted by Gasteiger charge is -2.29. The first kappa shape index (κ1) is 22.5. The number of halogens is 1. The number of nitrogens with two attached hydrogens (primary N) is 1. The molecule has 7 nitrogen and oxygen atoms in total. The van der Waals surface area contributed by atoms with Crippen molar-refractivity contribution in [2.24, 2.45) is 0 Å². The first-order valence-electron chi connectivity index (χ1n) is 10.8. The van der Waals surface area contributed by atoms with Crippen LogP contribution in [0, 0.1) is 0 Å². The van der Waals surface area contributed by atoms with Gasteiger partial charge in [0, 0.05) is 13.1 Å². The Morgan fingerprint density at radius 3 is 2.80 bits per heavy atom. The number of hydrogen-bond acceptors (Lipinski definition) is 5. The lowest BCUT2D eigenvalue weighted by Crippen LogP contribution is -2.39. The Labute approximate surface area is 183 Å². The largest absolute Gasteiger partial charge is 0.492 e. The molecule has 2 N–H and O–H groups in total. The van der Waals surface area contributed by atoms with Crippen molar-refractivity contribution in [1.29, 1.82) is 0 Å². The number of ether oxygens (including phenoxy) is 2. The molecule has 1 amide bonds. The molecule has 166 valence electrons. The monoisotopic (exact) mass is 436 g/mol. The molecule has 2 aromatic rings. The van der Waals surface area contributed by atoms with Crippen LogP contribution in [0.4, 0.5) is 10.7 Å². The Morgan fingerprint density at radius 2 is 2.10 bits per heavy atom. The van der Waals surface area contributed by atoms with Gasteiger partial charge in [-0.25, -0.2) is 9.78 Å². The zero-order valence-corrected chi connectivity index (χ0v) is 19.2. The molecule has 1 aliphatic heterocycles. The Morgan fingerprint density at radius 1 is 1.33 bits per heavy atom. The van der Waals surface area contributed by atoms with Crippen molar-refractivity contribution in [2.75, 3.05) is 25.4 Å². The van der Waals surface area contributed by atoms with Gasteiger partial charge >= 0.3 is 6.09 Å². The number of nitrogen functional groups attached to an aromatic ring is 1. The zero-order valence-electron chi connectivity index (χ0n) is 18.4. The molecule has 0 bridgehead atoms. The fraction of sp³-hybridized carbons (Fsp3) is 0.636. The van der Waals surface area contributed by atoms with Crippen molar-refractivity contribution < 1.29 is 14.3 Å². The summed E-state index contributed by atoms with van der Waals surface area (Å²) < 4.78 is 13.4. The number of amides is 1. The standard InChI is InChI=1S/C22H33ClN4O3/c1-5-6-13-29-17-11-10-16-19(18(17)23)27(20(24)25-16)15-9-7-8-12-26(14-15)21(28)30-22(2,3)4/h10-11,15H,5-9,12-14H2,1-4H3,(H2,24,25)/t15-/m1/s1. The van der Waals surface area contributed by atoms with Crippen molar-refractivity contribution in [1.82, 2.24) is 14.5 Å². The quantitative estimate of drug-likeness (QED) is 0.633. The summed E-state index contributed by atoms with van der Waals surface area (Å²) in [5.41, 5.74) is 7.28. The average molecular weight is 437 g/mol. The molecule has 3 rings (SSSR count). The van der Waals surface area contributed by atoms with Crippen molar-refractivity contribution >= 4 is 34.7 Å². The highest BCUT2D eigenvalue weighted by atomic mass is 35.5. The summed E-state index contributed by atoms with van der Waals surface area (Å²) >= 11 is 6.74. The van der Waals surface area contributed by atoms with Gasteiger partial charge in [-0.05, 0) is 58.6 Å². The number of fused-ring (bicyclic) bond motifs is 1.